The van der Waals surface area contributed by atoms with Gasteiger partial charge in [-0.2, -0.15) is 0 Å². The lowest BCUT2D eigenvalue weighted by Gasteiger charge is -2.36. The van der Waals surface area contributed by atoms with Gasteiger partial charge in [-0.05, 0) is 31.9 Å². The van der Waals surface area contributed by atoms with E-state index in [0.717, 1.165) is 23.5 Å². The van der Waals surface area contributed by atoms with Gasteiger partial charge in [-0.25, -0.2) is 4.98 Å². The number of rotatable bonds is 4. The van der Waals surface area contributed by atoms with Crippen LogP contribution in [0.5, 0.6) is 0 Å². The molecule has 3 rings (SSSR count). The summed E-state index contributed by atoms with van der Waals surface area (Å²) in [5.74, 6) is 0.112. The zero-order valence-corrected chi connectivity index (χ0v) is 13.7. The molecule has 0 saturated carbocycles. The second-order valence-electron chi connectivity index (χ2n) is 5.87. The van der Waals surface area contributed by atoms with Gasteiger partial charge < -0.3 is 15.1 Å². The molecule has 1 aliphatic heterocycles. The van der Waals surface area contributed by atoms with Gasteiger partial charge in [0.2, 0.25) is 11.8 Å². The molecule has 3 heterocycles. The largest absolute Gasteiger partial charge is 0.462 e. The van der Waals surface area contributed by atoms with Crippen molar-refractivity contribution in [1.29, 1.82) is 0 Å². The Hall–Kier alpha value is -2.15. The number of likely N-dealkylation sites (tertiary alicyclic amines) is 1. The van der Waals surface area contributed by atoms with Crippen molar-refractivity contribution in [2.45, 2.75) is 32.2 Å². The molecule has 7 heteroatoms. The van der Waals surface area contributed by atoms with Crippen molar-refractivity contribution in [1.82, 2.24) is 9.88 Å². The predicted octanol–water partition coefficient (Wildman–Crippen LogP) is 2.06. The summed E-state index contributed by atoms with van der Waals surface area (Å²) in [4.78, 5) is 30.1. The summed E-state index contributed by atoms with van der Waals surface area (Å²) in [6, 6.07) is 3.77. The Morgan fingerprint density at radius 3 is 3.00 bits per heavy atom. The summed E-state index contributed by atoms with van der Waals surface area (Å²) in [7, 11) is 0. The molecule has 0 unspecified atom stereocenters. The van der Waals surface area contributed by atoms with Crippen LogP contribution in [0.2, 0.25) is 0 Å². The van der Waals surface area contributed by atoms with Crippen molar-refractivity contribution >= 4 is 23.2 Å². The number of piperidine rings is 1. The maximum absolute atomic E-state index is 12.6. The topological polar surface area (TPSA) is 89.4 Å². The van der Waals surface area contributed by atoms with Crippen LogP contribution >= 0.6 is 11.3 Å². The van der Waals surface area contributed by atoms with Crippen LogP contribution in [0.3, 0.4) is 0 Å². The highest BCUT2D eigenvalue weighted by Gasteiger charge is 2.31. The molecule has 1 saturated heterocycles. The van der Waals surface area contributed by atoms with E-state index >= 15 is 0 Å². The molecule has 2 atom stereocenters. The number of thiazole rings is 1. The molecule has 1 aliphatic rings. The van der Waals surface area contributed by atoms with Gasteiger partial charge >= 0.3 is 0 Å². The van der Waals surface area contributed by atoms with E-state index < -0.39 is 0 Å². The van der Waals surface area contributed by atoms with E-state index in [2.05, 4.69) is 4.98 Å². The zero-order valence-electron chi connectivity index (χ0n) is 12.9. The highest BCUT2D eigenvalue weighted by atomic mass is 32.1. The quantitative estimate of drug-likeness (QED) is 0.927. The third-order valence-electron chi connectivity index (χ3n) is 4.22. The number of aromatic nitrogens is 1. The average molecular weight is 333 g/mol. The lowest BCUT2D eigenvalue weighted by Crippen LogP contribution is -2.49. The number of nitrogens with zero attached hydrogens (tertiary/aromatic N) is 2. The van der Waals surface area contributed by atoms with E-state index in [9.17, 15) is 9.59 Å². The molecule has 2 N–H and O–H groups in total. The molecule has 23 heavy (non-hydrogen) atoms. The molecule has 0 bridgehead atoms. The number of hydrogen-bond acceptors (Lipinski definition) is 5. The molecule has 2 aromatic rings. The normalized spacial score (nSPS) is 21.3. The molecule has 0 aromatic carbocycles. The standard InChI is InChI=1S/C16H19N3O3S/c1-10-4-5-11(15(17)21)8-19(10)14(20)7-12-9-23-16(18-12)13-3-2-6-22-13/h2-3,6,9-11H,4-5,7-8H2,1H3,(H2,17,21)/t10-,11-/m1/s1. The molecule has 6 nitrogen and oxygen atoms in total. The fraction of sp³-hybridized carbons (Fsp3) is 0.438. The summed E-state index contributed by atoms with van der Waals surface area (Å²) in [5, 5.41) is 2.63. The lowest BCUT2D eigenvalue weighted by atomic mass is 9.92. The van der Waals surface area contributed by atoms with E-state index in [1.807, 2.05) is 18.4 Å². The molecular formula is C16H19N3O3S. The Balaban J connectivity index is 1.67. The second-order valence-corrected chi connectivity index (χ2v) is 6.73. The van der Waals surface area contributed by atoms with Crippen molar-refractivity contribution in [2.24, 2.45) is 11.7 Å². The van der Waals surface area contributed by atoms with Crippen molar-refractivity contribution in [3.63, 3.8) is 0 Å². The molecule has 1 fully saturated rings. The Kier molecular flexibility index (Phi) is 4.47. The van der Waals surface area contributed by atoms with Crippen molar-refractivity contribution < 1.29 is 14.0 Å². The maximum atomic E-state index is 12.6. The molecule has 0 aliphatic carbocycles. The highest BCUT2D eigenvalue weighted by molar-refractivity contribution is 7.13. The number of carbonyl (C=O) groups is 2. The second kappa shape index (κ2) is 6.54. The van der Waals surface area contributed by atoms with Crippen LogP contribution in [0, 0.1) is 5.92 Å². The van der Waals surface area contributed by atoms with Gasteiger partial charge in [0.1, 0.15) is 0 Å². The van der Waals surface area contributed by atoms with Gasteiger partial charge in [0.05, 0.1) is 24.3 Å². The Morgan fingerprint density at radius 1 is 1.48 bits per heavy atom. The minimum Gasteiger partial charge on any atom is -0.462 e. The van der Waals surface area contributed by atoms with Gasteiger partial charge in [-0.15, -0.1) is 11.3 Å². The summed E-state index contributed by atoms with van der Waals surface area (Å²) >= 11 is 1.45. The first-order chi connectivity index (χ1) is 11.0. The third kappa shape index (κ3) is 3.44. The van der Waals surface area contributed by atoms with Gasteiger partial charge in [-0.1, -0.05) is 0 Å². The van der Waals surface area contributed by atoms with Crippen LogP contribution in [0.4, 0.5) is 0 Å². The van der Waals surface area contributed by atoms with E-state index in [4.69, 9.17) is 10.2 Å². The van der Waals surface area contributed by atoms with Crippen LogP contribution in [0.25, 0.3) is 10.8 Å². The number of hydrogen-bond donors (Lipinski definition) is 1. The van der Waals surface area contributed by atoms with Gasteiger partial charge in [-0.3, -0.25) is 9.59 Å². The number of amides is 2. The van der Waals surface area contributed by atoms with Crippen molar-refractivity contribution in [2.75, 3.05) is 6.54 Å². The fourth-order valence-corrected chi connectivity index (χ4v) is 3.63. The number of carbonyl (C=O) groups excluding carboxylic acids is 2. The van der Waals surface area contributed by atoms with Crippen molar-refractivity contribution in [3.8, 4) is 10.8 Å². The fourth-order valence-electron chi connectivity index (χ4n) is 2.84. The number of nitrogens with two attached hydrogens (primary N) is 1. The lowest BCUT2D eigenvalue weighted by molar-refractivity contribution is -0.137. The van der Waals surface area contributed by atoms with Crippen LogP contribution in [-0.4, -0.2) is 34.3 Å². The van der Waals surface area contributed by atoms with Crippen LogP contribution in [0.15, 0.2) is 28.2 Å². The monoisotopic (exact) mass is 333 g/mol. The SMILES string of the molecule is C[C@@H]1CC[C@@H](C(N)=O)CN1C(=O)Cc1csc(-c2ccco2)n1. The van der Waals surface area contributed by atoms with Crippen LogP contribution < -0.4 is 5.73 Å². The van der Waals surface area contributed by atoms with Crippen LogP contribution in [-0.2, 0) is 16.0 Å². The zero-order chi connectivity index (χ0) is 16.4. The van der Waals surface area contributed by atoms with Crippen molar-refractivity contribution in [3.05, 3.63) is 29.5 Å². The molecular weight excluding hydrogens is 314 g/mol. The van der Waals surface area contributed by atoms with E-state index in [1.165, 1.54) is 11.3 Å². The highest BCUT2D eigenvalue weighted by Crippen LogP contribution is 2.26. The van der Waals surface area contributed by atoms with Gasteiger partial charge in [0.25, 0.3) is 0 Å². The Labute approximate surface area is 138 Å². The molecule has 0 radical (unpaired) electrons. The third-order valence-corrected chi connectivity index (χ3v) is 5.13. The van der Waals surface area contributed by atoms with Gasteiger partial charge in [0, 0.05) is 18.0 Å². The van der Waals surface area contributed by atoms with E-state index in [-0.39, 0.29) is 30.2 Å². The number of furan rings is 1. The Morgan fingerprint density at radius 2 is 2.30 bits per heavy atom. The molecule has 0 spiro atoms. The average Bonchev–Trinajstić information content (AvgIpc) is 3.18. The molecule has 122 valence electrons. The van der Waals surface area contributed by atoms with Crippen LogP contribution in [0.1, 0.15) is 25.5 Å². The van der Waals surface area contributed by atoms with E-state index in [0.29, 0.717) is 12.3 Å². The summed E-state index contributed by atoms with van der Waals surface area (Å²) < 4.78 is 5.31. The first kappa shape index (κ1) is 15.7. The minimum atomic E-state index is -0.330. The molecule has 2 aromatic heterocycles. The molecule has 2 amide bonds. The number of primary amides is 1. The minimum absolute atomic E-state index is 0.0141. The first-order valence-electron chi connectivity index (χ1n) is 7.61. The smallest absolute Gasteiger partial charge is 0.228 e. The maximum Gasteiger partial charge on any atom is 0.228 e. The summed E-state index contributed by atoms with van der Waals surface area (Å²) in [6.45, 7) is 2.41. The van der Waals surface area contributed by atoms with E-state index in [1.54, 1.807) is 17.2 Å². The van der Waals surface area contributed by atoms with Gasteiger partial charge in [0.15, 0.2) is 10.8 Å². The Bertz CT molecular complexity index is 695. The summed E-state index contributed by atoms with van der Waals surface area (Å²) in [5.41, 5.74) is 6.11. The summed E-state index contributed by atoms with van der Waals surface area (Å²) in [6.07, 6.45) is 3.38. The predicted molar refractivity (Wildman–Crippen MR) is 86.6 cm³/mol. The first-order valence-corrected chi connectivity index (χ1v) is 8.49.